The Balaban J connectivity index is 2.36. The van der Waals surface area contributed by atoms with Crippen LogP contribution >= 0.6 is 0 Å². The molecule has 1 aliphatic rings. The summed E-state index contributed by atoms with van der Waals surface area (Å²) < 4.78 is 0. The highest BCUT2D eigenvalue weighted by Gasteiger charge is 2.29. The second-order valence-electron chi connectivity index (χ2n) is 7.49. The maximum absolute atomic E-state index is 3.79. The van der Waals surface area contributed by atoms with Gasteiger partial charge in [-0.1, -0.05) is 52.8 Å². The lowest BCUT2D eigenvalue weighted by atomic mass is 9.83. The number of aryl methyl sites for hydroxylation is 1. The molecule has 0 saturated heterocycles. The number of fused-ring (bicyclic) bond motifs is 1. The second kappa shape index (κ2) is 6.30. The van der Waals surface area contributed by atoms with E-state index in [2.05, 4.69) is 58.1 Å². The Morgan fingerprint density at radius 2 is 2.05 bits per heavy atom. The molecule has 1 aromatic carbocycles. The van der Waals surface area contributed by atoms with Crippen LogP contribution in [0.1, 0.15) is 82.5 Å². The molecule has 0 amide bonds. The maximum Gasteiger partial charge on any atom is 0.0328 e. The number of nitrogens with one attached hydrogen (secondary N) is 1. The van der Waals surface area contributed by atoms with Gasteiger partial charge in [0.15, 0.2) is 0 Å². The minimum absolute atomic E-state index is 0.433. The van der Waals surface area contributed by atoms with E-state index < -0.39 is 0 Å². The number of rotatable bonds is 4. The molecule has 1 atom stereocenters. The zero-order valence-electron chi connectivity index (χ0n) is 13.9. The molecule has 1 N–H and O–H groups in total. The Bertz CT molecular complexity index is 445. The lowest BCUT2D eigenvalue weighted by Gasteiger charge is -2.28. The smallest absolute Gasteiger partial charge is 0.0328 e. The van der Waals surface area contributed by atoms with Gasteiger partial charge >= 0.3 is 0 Å². The number of hydrogen-bond donors (Lipinski definition) is 1. The monoisotopic (exact) mass is 273 g/mol. The van der Waals surface area contributed by atoms with Gasteiger partial charge in [0, 0.05) is 6.04 Å². The Morgan fingerprint density at radius 3 is 2.70 bits per heavy atom. The van der Waals surface area contributed by atoms with E-state index in [1.165, 1.54) is 31.2 Å². The molecule has 0 radical (unpaired) electrons. The third-order valence-electron chi connectivity index (χ3n) is 4.68. The first-order valence-corrected chi connectivity index (χ1v) is 8.29. The van der Waals surface area contributed by atoms with E-state index in [4.69, 9.17) is 0 Å². The molecule has 112 valence electrons. The lowest BCUT2D eigenvalue weighted by Crippen LogP contribution is -2.26. The van der Waals surface area contributed by atoms with Crippen molar-refractivity contribution in [2.45, 2.75) is 72.3 Å². The van der Waals surface area contributed by atoms with E-state index in [0.29, 0.717) is 17.4 Å². The van der Waals surface area contributed by atoms with Crippen molar-refractivity contribution in [2.24, 2.45) is 5.41 Å². The predicted molar refractivity (Wildman–Crippen MR) is 88.3 cm³/mol. The average molecular weight is 273 g/mol. The van der Waals surface area contributed by atoms with E-state index in [9.17, 15) is 0 Å². The summed E-state index contributed by atoms with van der Waals surface area (Å²) in [6.07, 6.45) is 4.98. The Kier molecular flexibility index (Phi) is 4.90. The minimum atomic E-state index is 0.433. The minimum Gasteiger partial charge on any atom is -0.310 e. The topological polar surface area (TPSA) is 12.0 Å². The van der Waals surface area contributed by atoms with Crippen molar-refractivity contribution in [1.29, 1.82) is 0 Å². The Hall–Kier alpha value is -0.820. The first kappa shape index (κ1) is 15.6. The van der Waals surface area contributed by atoms with Gasteiger partial charge in [0.1, 0.15) is 0 Å². The summed E-state index contributed by atoms with van der Waals surface area (Å²) in [5.74, 6) is 0.614. The molecule has 0 bridgehead atoms. The molecule has 0 fully saturated rings. The van der Waals surface area contributed by atoms with Gasteiger partial charge in [0.05, 0.1) is 0 Å². The molecular weight excluding hydrogens is 242 g/mol. The highest BCUT2D eigenvalue weighted by atomic mass is 14.9. The fourth-order valence-electron chi connectivity index (χ4n) is 3.26. The summed E-state index contributed by atoms with van der Waals surface area (Å²) in [6.45, 7) is 12.8. The van der Waals surface area contributed by atoms with Crippen molar-refractivity contribution in [3.63, 3.8) is 0 Å². The van der Waals surface area contributed by atoms with Crippen LogP contribution in [0.4, 0.5) is 0 Å². The number of hydrogen-bond acceptors (Lipinski definition) is 1. The molecule has 0 aliphatic heterocycles. The molecule has 0 aromatic heterocycles. The molecule has 1 heteroatoms. The third kappa shape index (κ3) is 3.63. The van der Waals surface area contributed by atoms with Gasteiger partial charge in [-0.2, -0.15) is 0 Å². The van der Waals surface area contributed by atoms with Crippen LogP contribution in [-0.4, -0.2) is 6.54 Å². The van der Waals surface area contributed by atoms with E-state index >= 15 is 0 Å². The van der Waals surface area contributed by atoms with Gasteiger partial charge < -0.3 is 5.32 Å². The van der Waals surface area contributed by atoms with E-state index in [-0.39, 0.29) is 0 Å². The molecule has 1 unspecified atom stereocenters. The van der Waals surface area contributed by atoms with Crippen molar-refractivity contribution in [1.82, 2.24) is 5.32 Å². The summed E-state index contributed by atoms with van der Waals surface area (Å²) in [7, 11) is 0. The average Bonchev–Trinajstić information content (AvgIpc) is 2.53. The summed E-state index contributed by atoms with van der Waals surface area (Å²) in [6, 6.07) is 7.71. The van der Waals surface area contributed by atoms with Crippen LogP contribution in [0, 0.1) is 5.41 Å². The van der Waals surface area contributed by atoms with E-state index in [0.717, 1.165) is 6.54 Å². The highest BCUT2D eigenvalue weighted by molar-refractivity contribution is 5.37. The lowest BCUT2D eigenvalue weighted by molar-refractivity contribution is 0.273. The van der Waals surface area contributed by atoms with Gasteiger partial charge in [-0.25, -0.2) is 0 Å². The van der Waals surface area contributed by atoms with Crippen molar-refractivity contribution >= 4 is 0 Å². The largest absolute Gasteiger partial charge is 0.310 e. The molecule has 1 nitrogen and oxygen atoms in total. The van der Waals surface area contributed by atoms with Crippen molar-refractivity contribution < 1.29 is 0 Å². The molecule has 2 rings (SSSR count). The number of benzene rings is 1. The van der Waals surface area contributed by atoms with Crippen LogP contribution in [0.2, 0.25) is 0 Å². The van der Waals surface area contributed by atoms with Gasteiger partial charge in [0.2, 0.25) is 0 Å². The molecule has 0 heterocycles. The predicted octanol–water partition coefficient (Wildman–Crippen LogP) is 5.21. The van der Waals surface area contributed by atoms with Crippen LogP contribution in [0.25, 0.3) is 0 Å². The molecular formula is C19H31N. The fraction of sp³-hybridized carbons (Fsp3) is 0.684. The van der Waals surface area contributed by atoms with Gasteiger partial charge in [-0.3, -0.25) is 0 Å². The van der Waals surface area contributed by atoms with Crippen LogP contribution < -0.4 is 5.32 Å². The van der Waals surface area contributed by atoms with Crippen molar-refractivity contribution in [3.05, 3.63) is 34.9 Å². The fourth-order valence-corrected chi connectivity index (χ4v) is 3.26. The van der Waals surface area contributed by atoms with Crippen LogP contribution in [-0.2, 0) is 6.42 Å². The molecule has 1 aliphatic carbocycles. The second-order valence-corrected chi connectivity index (χ2v) is 7.49. The van der Waals surface area contributed by atoms with E-state index in [1.807, 2.05) is 0 Å². The molecule has 0 spiro atoms. The van der Waals surface area contributed by atoms with Crippen LogP contribution in [0.15, 0.2) is 18.2 Å². The summed E-state index contributed by atoms with van der Waals surface area (Å²) in [5.41, 5.74) is 5.04. The van der Waals surface area contributed by atoms with Crippen molar-refractivity contribution in [2.75, 3.05) is 6.54 Å². The Morgan fingerprint density at radius 1 is 1.30 bits per heavy atom. The summed E-state index contributed by atoms with van der Waals surface area (Å²) in [5, 5.41) is 3.79. The highest BCUT2D eigenvalue weighted by Crippen LogP contribution is 2.40. The SMILES string of the molecule is CCCNC1CC(C)(C)CCc2ccc(C(C)C)cc21. The maximum atomic E-state index is 3.79. The zero-order chi connectivity index (χ0) is 14.8. The normalized spacial score (nSPS) is 21.6. The first-order valence-electron chi connectivity index (χ1n) is 8.29. The van der Waals surface area contributed by atoms with Gasteiger partial charge in [-0.05, 0) is 60.3 Å². The van der Waals surface area contributed by atoms with Crippen LogP contribution in [0.3, 0.4) is 0 Å². The van der Waals surface area contributed by atoms with Crippen LogP contribution in [0.5, 0.6) is 0 Å². The summed E-state index contributed by atoms with van der Waals surface area (Å²) in [4.78, 5) is 0. The van der Waals surface area contributed by atoms with Crippen molar-refractivity contribution in [3.8, 4) is 0 Å². The molecule has 20 heavy (non-hydrogen) atoms. The Labute approximate surface area is 125 Å². The van der Waals surface area contributed by atoms with E-state index in [1.54, 1.807) is 11.1 Å². The zero-order valence-corrected chi connectivity index (χ0v) is 13.9. The first-order chi connectivity index (χ1) is 9.43. The molecule has 0 saturated carbocycles. The third-order valence-corrected chi connectivity index (χ3v) is 4.68. The van der Waals surface area contributed by atoms with Gasteiger partial charge in [-0.15, -0.1) is 0 Å². The van der Waals surface area contributed by atoms with Gasteiger partial charge in [0.25, 0.3) is 0 Å². The quantitative estimate of drug-likeness (QED) is 0.742. The molecule has 1 aromatic rings. The standard InChI is InChI=1S/C19H31N/c1-6-11-20-18-13-19(4,5)10-9-15-7-8-16(14(2)3)12-17(15)18/h7-8,12,14,18,20H,6,9-11,13H2,1-5H3. The summed E-state index contributed by atoms with van der Waals surface area (Å²) >= 11 is 0.